The van der Waals surface area contributed by atoms with Crippen molar-refractivity contribution >= 4 is 16.9 Å². The Labute approximate surface area is 118 Å². The minimum Gasteiger partial charge on any atom is -0.0722 e. The van der Waals surface area contributed by atoms with Gasteiger partial charge in [0.2, 0.25) is 0 Å². The molecule has 2 rings (SSSR count). The second-order valence-corrected chi connectivity index (χ2v) is 17.5. The van der Waals surface area contributed by atoms with Crippen molar-refractivity contribution in [2.75, 3.05) is 0 Å². The van der Waals surface area contributed by atoms with Gasteiger partial charge in [-0.15, -0.1) is 0 Å². The molecule has 2 heteroatoms. The van der Waals surface area contributed by atoms with Crippen LogP contribution >= 0.6 is 0 Å². The molecule has 0 aromatic carbocycles. The second-order valence-electron chi connectivity index (χ2n) is 8.70. The van der Waals surface area contributed by atoms with Crippen LogP contribution in [0.1, 0.15) is 38.5 Å². The normalized spacial score (nSPS) is 37.7. The van der Waals surface area contributed by atoms with Crippen molar-refractivity contribution in [3.05, 3.63) is 0 Å². The molecule has 106 valence electrons. The van der Waals surface area contributed by atoms with Gasteiger partial charge < -0.3 is 0 Å². The van der Waals surface area contributed by atoms with E-state index in [1.165, 1.54) is 0 Å². The van der Waals surface area contributed by atoms with Gasteiger partial charge in [0, 0.05) is 16.9 Å². The van der Waals surface area contributed by atoms with Crippen LogP contribution in [0.4, 0.5) is 0 Å². The molecule has 0 spiro atoms. The molecule has 4 unspecified atom stereocenters. The molecule has 0 aliphatic heterocycles. The van der Waals surface area contributed by atoms with E-state index in [4.69, 9.17) is 0 Å². The fraction of sp³-hybridized carbons (Fsp3) is 1.00. The van der Waals surface area contributed by atoms with Gasteiger partial charge in [-0.05, 0) is 42.6 Å². The van der Waals surface area contributed by atoms with Crippen molar-refractivity contribution in [3.8, 4) is 0 Å². The standard InChI is InChI=1S/C16H34Si2/c1-17(2)12-13-6-7-14(10-13)15-8-9-16(11-15)18(3,4)5/h13-17H,6-12H2,1-5H3. The zero-order chi connectivity index (χ0) is 13.3. The summed E-state index contributed by atoms with van der Waals surface area (Å²) in [6.45, 7) is 12.8. The van der Waals surface area contributed by atoms with Crippen molar-refractivity contribution in [1.82, 2.24) is 0 Å². The zero-order valence-corrected chi connectivity index (χ0v) is 15.5. The summed E-state index contributed by atoms with van der Waals surface area (Å²) in [7, 11) is -1.17. The van der Waals surface area contributed by atoms with Crippen molar-refractivity contribution in [1.29, 1.82) is 0 Å². The SMILES string of the molecule is C[SiH](C)CC1CCC(C2CCC([Si](C)(C)C)C2)C1. The summed E-state index contributed by atoms with van der Waals surface area (Å²) in [5.41, 5.74) is 1.14. The quantitative estimate of drug-likeness (QED) is 0.606. The molecule has 2 saturated carbocycles. The highest BCUT2D eigenvalue weighted by Gasteiger charge is 2.39. The Hall–Kier alpha value is 0.434. The number of hydrogen-bond donors (Lipinski definition) is 0. The lowest BCUT2D eigenvalue weighted by atomic mass is 9.89. The van der Waals surface area contributed by atoms with Crippen LogP contribution in [0.3, 0.4) is 0 Å². The molecule has 2 fully saturated rings. The number of hydrogen-bond acceptors (Lipinski definition) is 0. The fourth-order valence-corrected chi connectivity index (χ4v) is 8.46. The third-order valence-electron chi connectivity index (χ3n) is 5.75. The topological polar surface area (TPSA) is 0 Å². The summed E-state index contributed by atoms with van der Waals surface area (Å²) in [4.78, 5) is 0. The van der Waals surface area contributed by atoms with Gasteiger partial charge in [-0.3, -0.25) is 0 Å². The van der Waals surface area contributed by atoms with Gasteiger partial charge in [-0.2, -0.15) is 0 Å². The lowest BCUT2D eigenvalue weighted by Gasteiger charge is -2.26. The highest BCUT2D eigenvalue weighted by Crippen LogP contribution is 2.50. The molecule has 0 heterocycles. The van der Waals surface area contributed by atoms with E-state index in [2.05, 4.69) is 32.7 Å². The molecule has 0 N–H and O–H groups in total. The first kappa shape index (κ1) is 14.8. The molecular formula is C16H34Si2. The summed E-state index contributed by atoms with van der Waals surface area (Å²) in [6, 6.07) is 1.63. The monoisotopic (exact) mass is 282 g/mol. The zero-order valence-electron chi connectivity index (χ0n) is 13.3. The summed E-state index contributed by atoms with van der Waals surface area (Å²) in [6.07, 6.45) is 9.51. The van der Waals surface area contributed by atoms with Crippen molar-refractivity contribution in [2.24, 2.45) is 17.8 Å². The Morgan fingerprint density at radius 2 is 1.50 bits per heavy atom. The Morgan fingerprint density at radius 3 is 2.06 bits per heavy atom. The first-order chi connectivity index (χ1) is 8.36. The molecule has 0 radical (unpaired) electrons. The summed E-state index contributed by atoms with van der Waals surface area (Å²) < 4.78 is 0. The van der Waals surface area contributed by atoms with Gasteiger partial charge in [0.05, 0.1) is 0 Å². The van der Waals surface area contributed by atoms with Gasteiger partial charge in [0.25, 0.3) is 0 Å². The van der Waals surface area contributed by atoms with E-state index in [1.807, 2.05) is 0 Å². The van der Waals surface area contributed by atoms with Crippen molar-refractivity contribution < 1.29 is 0 Å². The number of rotatable bonds is 4. The van der Waals surface area contributed by atoms with E-state index < -0.39 is 8.07 Å². The summed E-state index contributed by atoms with van der Waals surface area (Å²) in [5.74, 6) is 3.39. The smallest absolute Gasteiger partial charge is 0.0473 e. The second kappa shape index (κ2) is 5.82. The van der Waals surface area contributed by atoms with Crippen LogP contribution in [0.15, 0.2) is 0 Å². The molecule has 0 nitrogen and oxygen atoms in total. The largest absolute Gasteiger partial charge is 0.0722 e. The third-order valence-corrected chi connectivity index (χ3v) is 10.3. The minimum absolute atomic E-state index is 0.318. The van der Waals surface area contributed by atoms with E-state index in [9.17, 15) is 0 Å². The summed E-state index contributed by atoms with van der Waals surface area (Å²) >= 11 is 0. The van der Waals surface area contributed by atoms with Crippen LogP contribution in [-0.4, -0.2) is 16.9 Å². The molecule has 2 aliphatic carbocycles. The van der Waals surface area contributed by atoms with E-state index in [1.54, 1.807) is 44.6 Å². The molecule has 0 aromatic rings. The molecule has 2 aliphatic rings. The lowest BCUT2D eigenvalue weighted by molar-refractivity contribution is 0.338. The van der Waals surface area contributed by atoms with E-state index in [0.29, 0.717) is 0 Å². The Morgan fingerprint density at radius 1 is 0.889 bits per heavy atom. The van der Waals surface area contributed by atoms with Gasteiger partial charge in [-0.25, -0.2) is 0 Å². The molecular weight excluding hydrogens is 248 g/mol. The maximum atomic E-state index is 2.59. The molecule has 0 saturated heterocycles. The van der Waals surface area contributed by atoms with Crippen LogP contribution in [0, 0.1) is 17.8 Å². The molecule has 0 bridgehead atoms. The van der Waals surface area contributed by atoms with E-state index in [0.717, 1.165) is 23.3 Å². The maximum absolute atomic E-state index is 2.59. The van der Waals surface area contributed by atoms with Crippen LogP contribution in [0.25, 0.3) is 0 Å². The van der Waals surface area contributed by atoms with E-state index in [-0.39, 0.29) is 8.80 Å². The van der Waals surface area contributed by atoms with Crippen molar-refractivity contribution in [2.45, 2.75) is 82.8 Å². The van der Waals surface area contributed by atoms with Gasteiger partial charge >= 0.3 is 0 Å². The third kappa shape index (κ3) is 3.72. The minimum atomic E-state index is -0.853. The Kier molecular flexibility index (Phi) is 4.80. The molecule has 18 heavy (non-hydrogen) atoms. The fourth-order valence-electron chi connectivity index (χ4n) is 4.65. The Balaban J connectivity index is 1.81. The van der Waals surface area contributed by atoms with Crippen LogP contribution in [0.2, 0.25) is 44.3 Å². The molecule has 0 amide bonds. The van der Waals surface area contributed by atoms with Crippen LogP contribution < -0.4 is 0 Å². The Bertz CT molecular complexity index is 267. The van der Waals surface area contributed by atoms with Crippen LogP contribution in [0.5, 0.6) is 0 Å². The van der Waals surface area contributed by atoms with Crippen molar-refractivity contribution in [3.63, 3.8) is 0 Å². The molecule has 0 aromatic heterocycles. The highest BCUT2D eigenvalue weighted by atomic mass is 28.3. The molecule has 4 atom stereocenters. The predicted octanol–water partition coefficient (Wildman–Crippen LogP) is 5.40. The predicted molar refractivity (Wildman–Crippen MR) is 89.0 cm³/mol. The summed E-state index contributed by atoms with van der Waals surface area (Å²) in [5, 5.41) is 0. The van der Waals surface area contributed by atoms with Gasteiger partial charge in [0.15, 0.2) is 0 Å². The first-order valence-corrected chi connectivity index (χ1v) is 15.1. The first-order valence-electron chi connectivity index (χ1n) is 8.36. The highest BCUT2D eigenvalue weighted by molar-refractivity contribution is 6.77. The average molecular weight is 283 g/mol. The lowest BCUT2D eigenvalue weighted by Crippen LogP contribution is -2.26. The van der Waals surface area contributed by atoms with Gasteiger partial charge in [0.1, 0.15) is 0 Å². The van der Waals surface area contributed by atoms with E-state index >= 15 is 0 Å². The average Bonchev–Trinajstić information content (AvgIpc) is 2.81. The maximum Gasteiger partial charge on any atom is 0.0473 e. The van der Waals surface area contributed by atoms with Gasteiger partial charge in [-0.1, -0.05) is 58.0 Å². The van der Waals surface area contributed by atoms with Crippen LogP contribution in [-0.2, 0) is 0 Å².